The van der Waals surface area contributed by atoms with E-state index in [0.717, 1.165) is 5.56 Å². The highest BCUT2D eigenvalue weighted by atomic mass is 16.7. The molecule has 0 spiro atoms. The molecule has 2 N–H and O–H groups in total. The maximum atomic E-state index is 12.8. The summed E-state index contributed by atoms with van der Waals surface area (Å²) in [6.07, 6.45) is 0.753. The first-order valence-electron chi connectivity index (χ1n) is 10.0. The van der Waals surface area contributed by atoms with Gasteiger partial charge in [-0.05, 0) is 30.2 Å². The minimum atomic E-state index is -0.863. The zero-order valence-electron chi connectivity index (χ0n) is 18.1. The third-order valence-electron chi connectivity index (χ3n) is 4.82. The second kappa shape index (κ2) is 10.9. The fourth-order valence-corrected chi connectivity index (χ4v) is 3.23. The number of nitrogens with one attached hydrogen (secondary N) is 2. The monoisotopic (exact) mass is 438 g/mol. The molecular formula is C24H26N2O6. The molecule has 32 heavy (non-hydrogen) atoms. The minimum absolute atomic E-state index is 0.0300. The first-order chi connectivity index (χ1) is 15.5. The number of fused-ring (bicyclic) bond motifs is 1. The predicted molar refractivity (Wildman–Crippen MR) is 118 cm³/mol. The lowest BCUT2D eigenvalue weighted by Crippen LogP contribution is -2.34. The number of amides is 1. The van der Waals surface area contributed by atoms with Crippen molar-refractivity contribution in [1.82, 2.24) is 10.6 Å². The molecule has 1 aliphatic heterocycles. The number of carbonyl (C=O) groups excluding carboxylic acids is 2. The number of rotatable bonds is 9. The summed E-state index contributed by atoms with van der Waals surface area (Å²) >= 11 is 0. The van der Waals surface area contributed by atoms with E-state index in [1.54, 1.807) is 25.1 Å². The van der Waals surface area contributed by atoms with Crippen molar-refractivity contribution in [3.63, 3.8) is 0 Å². The summed E-state index contributed by atoms with van der Waals surface area (Å²) in [5.41, 5.74) is 2.42. The van der Waals surface area contributed by atoms with Gasteiger partial charge in [-0.25, -0.2) is 9.59 Å². The van der Waals surface area contributed by atoms with Crippen molar-refractivity contribution in [2.24, 2.45) is 0 Å². The number of allylic oxidation sites excluding steroid dienone is 1. The number of benzene rings is 2. The number of alkyl carbamates (subject to hydrolysis) is 1. The highest BCUT2D eigenvalue weighted by Gasteiger charge is 2.30. The highest BCUT2D eigenvalue weighted by molar-refractivity contribution is 5.91. The lowest BCUT2D eigenvalue weighted by molar-refractivity contribution is -0.136. The molecule has 1 aliphatic rings. The van der Waals surface area contributed by atoms with Crippen molar-refractivity contribution < 1.29 is 28.5 Å². The number of ether oxygens (including phenoxy) is 4. The third-order valence-corrected chi connectivity index (χ3v) is 4.82. The molecule has 2 aromatic rings. The van der Waals surface area contributed by atoms with Gasteiger partial charge in [0.25, 0.3) is 0 Å². The van der Waals surface area contributed by atoms with Crippen molar-refractivity contribution >= 4 is 12.1 Å². The first kappa shape index (κ1) is 22.7. The lowest BCUT2D eigenvalue weighted by atomic mass is 9.96. The van der Waals surface area contributed by atoms with Gasteiger partial charge in [-0.3, -0.25) is 0 Å². The standard InChI is InChI=1S/C24H26N2O6/c1-4-12-30-24(28)26-22(18-10-11-19-20(13-18)32-15-31-19)21(23(27)29-3)16(2)25-14-17-8-6-5-7-9-17/h4-11,13,22,25H,1,12,14-15H2,2-3H3,(H,26,28)/t22-/m0/s1. The summed E-state index contributed by atoms with van der Waals surface area (Å²) in [4.78, 5) is 25.2. The van der Waals surface area contributed by atoms with Gasteiger partial charge in [0, 0.05) is 12.2 Å². The van der Waals surface area contributed by atoms with Crippen molar-refractivity contribution in [2.75, 3.05) is 20.5 Å². The maximum absolute atomic E-state index is 12.8. The van der Waals surface area contributed by atoms with E-state index in [1.807, 2.05) is 30.3 Å². The second-order valence-electron chi connectivity index (χ2n) is 6.95. The summed E-state index contributed by atoms with van der Waals surface area (Å²) in [5.74, 6) is 0.520. The van der Waals surface area contributed by atoms with Crippen molar-refractivity contribution in [2.45, 2.75) is 19.5 Å². The minimum Gasteiger partial charge on any atom is -0.466 e. The molecule has 0 unspecified atom stereocenters. The summed E-state index contributed by atoms with van der Waals surface area (Å²) in [6, 6.07) is 14.1. The van der Waals surface area contributed by atoms with Crippen LogP contribution in [-0.2, 0) is 20.8 Å². The smallest absolute Gasteiger partial charge is 0.408 e. The average molecular weight is 438 g/mol. The van der Waals surface area contributed by atoms with Crippen LogP contribution in [0.25, 0.3) is 0 Å². The number of esters is 1. The molecular weight excluding hydrogens is 412 g/mol. The van der Waals surface area contributed by atoms with E-state index in [1.165, 1.54) is 13.2 Å². The molecule has 0 radical (unpaired) electrons. The van der Waals surface area contributed by atoms with Crippen molar-refractivity contribution in [3.8, 4) is 11.5 Å². The van der Waals surface area contributed by atoms with Gasteiger partial charge in [-0.15, -0.1) is 0 Å². The van der Waals surface area contributed by atoms with Gasteiger partial charge in [-0.2, -0.15) is 0 Å². The Morgan fingerprint density at radius 3 is 2.62 bits per heavy atom. The van der Waals surface area contributed by atoms with Gasteiger partial charge in [0.15, 0.2) is 11.5 Å². The van der Waals surface area contributed by atoms with Crippen LogP contribution in [0.4, 0.5) is 4.79 Å². The van der Waals surface area contributed by atoms with E-state index in [4.69, 9.17) is 18.9 Å². The summed E-state index contributed by atoms with van der Waals surface area (Å²) < 4.78 is 21.0. The molecule has 1 heterocycles. The molecule has 0 bridgehead atoms. The number of hydrogen-bond donors (Lipinski definition) is 2. The maximum Gasteiger partial charge on any atom is 0.408 e. The van der Waals surface area contributed by atoms with E-state index in [9.17, 15) is 9.59 Å². The molecule has 0 fully saturated rings. The van der Waals surface area contributed by atoms with Crippen molar-refractivity contribution in [3.05, 3.63) is 83.6 Å². The molecule has 168 valence electrons. The summed E-state index contributed by atoms with van der Waals surface area (Å²) in [6.45, 7) is 5.92. The van der Waals surface area contributed by atoms with Crippen LogP contribution >= 0.6 is 0 Å². The van der Waals surface area contributed by atoms with E-state index >= 15 is 0 Å². The van der Waals surface area contributed by atoms with Gasteiger partial charge in [0.1, 0.15) is 6.61 Å². The van der Waals surface area contributed by atoms with Crippen LogP contribution in [0.5, 0.6) is 11.5 Å². The lowest BCUT2D eigenvalue weighted by Gasteiger charge is -2.23. The molecule has 0 aromatic heterocycles. The first-order valence-corrected chi connectivity index (χ1v) is 10.0. The van der Waals surface area contributed by atoms with Crippen LogP contribution in [0.2, 0.25) is 0 Å². The summed E-state index contributed by atoms with van der Waals surface area (Å²) in [5, 5.41) is 6.00. The van der Waals surface area contributed by atoms with Gasteiger partial charge in [0.2, 0.25) is 6.79 Å². The SMILES string of the molecule is C=CCOC(=O)N[C@H](C(C(=O)OC)=C(C)NCc1ccccc1)c1ccc2c(c1)OCO2. The van der Waals surface area contributed by atoms with E-state index < -0.39 is 18.1 Å². The Morgan fingerprint density at radius 2 is 1.91 bits per heavy atom. The molecule has 1 amide bonds. The normalized spacial score (nSPS) is 13.4. The van der Waals surface area contributed by atoms with Gasteiger partial charge >= 0.3 is 12.1 Å². The second-order valence-corrected chi connectivity index (χ2v) is 6.95. The van der Waals surface area contributed by atoms with Crippen LogP contribution in [0.15, 0.2) is 72.5 Å². The van der Waals surface area contributed by atoms with E-state index in [0.29, 0.717) is 29.3 Å². The van der Waals surface area contributed by atoms with Gasteiger partial charge in [-0.1, -0.05) is 49.1 Å². The molecule has 1 atom stereocenters. The van der Waals surface area contributed by atoms with Crippen LogP contribution < -0.4 is 20.1 Å². The fourth-order valence-electron chi connectivity index (χ4n) is 3.23. The molecule has 2 aromatic carbocycles. The Balaban J connectivity index is 1.97. The molecule has 0 aliphatic carbocycles. The zero-order valence-corrected chi connectivity index (χ0v) is 18.1. The molecule has 0 saturated heterocycles. The highest BCUT2D eigenvalue weighted by Crippen LogP contribution is 2.36. The van der Waals surface area contributed by atoms with Gasteiger partial charge in [0.05, 0.1) is 18.7 Å². The quantitative estimate of drug-likeness (QED) is 0.351. The predicted octanol–water partition coefficient (Wildman–Crippen LogP) is 3.61. The molecule has 8 heteroatoms. The van der Waals surface area contributed by atoms with Crippen molar-refractivity contribution in [1.29, 1.82) is 0 Å². The third kappa shape index (κ3) is 5.60. The van der Waals surface area contributed by atoms with Crippen LogP contribution in [0, 0.1) is 0 Å². The summed E-state index contributed by atoms with van der Waals surface area (Å²) in [7, 11) is 1.29. The molecule has 3 rings (SSSR count). The van der Waals surface area contributed by atoms with Gasteiger partial charge < -0.3 is 29.6 Å². The number of carbonyl (C=O) groups is 2. The topological polar surface area (TPSA) is 95.1 Å². The Hall–Kier alpha value is -3.94. The van der Waals surface area contributed by atoms with Crippen LogP contribution in [0.3, 0.4) is 0 Å². The Morgan fingerprint density at radius 1 is 1.16 bits per heavy atom. The van der Waals surface area contributed by atoms with E-state index in [2.05, 4.69) is 17.2 Å². The van der Waals surface area contributed by atoms with E-state index in [-0.39, 0.29) is 19.0 Å². The number of hydrogen-bond acceptors (Lipinski definition) is 7. The van der Waals surface area contributed by atoms with Crippen LogP contribution in [-0.4, -0.2) is 32.6 Å². The zero-order chi connectivity index (χ0) is 22.9. The molecule has 8 nitrogen and oxygen atoms in total. The fraction of sp³-hybridized carbons (Fsp3) is 0.250. The Labute approximate surface area is 186 Å². The van der Waals surface area contributed by atoms with Crippen LogP contribution in [0.1, 0.15) is 24.1 Å². The number of methoxy groups -OCH3 is 1. The largest absolute Gasteiger partial charge is 0.466 e. The Kier molecular flexibility index (Phi) is 7.75. The molecule has 0 saturated carbocycles. The average Bonchev–Trinajstić information content (AvgIpc) is 3.29. The Bertz CT molecular complexity index is 1000.